The van der Waals surface area contributed by atoms with Crippen LogP contribution in [0.25, 0.3) is 0 Å². The third-order valence-electron chi connectivity index (χ3n) is 4.74. The van der Waals surface area contributed by atoms with Crippen LogP contribution in [0.5, 0.6) is 0 Å². The van der Waals surface area contributed by atoms with Gasteiger partial charge in [-0.05, 0) is 43.4 Å². The van der Waals surface area contributed by atoms with E-state index in [4.69, 9.17) is 0 Å². The van der Waals surface area contributed by atoms with Crippen molar-refractivity contribution in [3.8, 4) is 0 Å². The molecule has 0 aliphatic heterocycles. The number of hydrogen-bond donors (Lipinski definition) is 3. The van der Waals surface area contributed by atoms with Crippen LogP contribution in [0.4, 0.5) is 0 Å². The van der Waals surface area contributed by atoms with E-state index in [0.29, 0.717) is 12.1 Å². The van der Waals surface area contributed by atoms with Crippen LogP contribution < -0.4 is 16.0 Å². The van der Waals surface area contributed by atoms with Gasteiger partial charge in [-0.2, -0.15) is 0 Å². The molecule has 0 unspecified atom stereocenters. The Labute approximate surface area is 151 Å². The number of benzene rings is 1. The topological polar surface area (TPSA) is 65.5 Å². The lowest BCUT2D eigenvalue weighted by atomic mass is 10.0. The second-order valence-corrected chi connectivity index (χ2v) is 6.69. The average molecular weight is 345 g/mol. The van der Waals surface area contributed by atoms with Crippen molar-refractivity contribution in [2.45, 2.75) is 52.0 Å². The molecule has 0 saturated heterocycles. The number of nitrogens with zero attached hydrogens (tertiary/aromatic N) is 1. The quantitative estimate of drug-likeness (QED) is 0.386. The SMILES string of the molecule is CCNC(=NCc1cccc(C(=O)NC)c1)NCCCC1CCCC1. The number of amides is 1. The Bertz CT molecular complexity index is 565. The molecule has 1 aromatic carbocycles. The van der Waals surface area contributed by atoms with E-state index in [1.54, 1.807) is 7.05 Å². The lowest BCUT2D eigenvalue weighted by Crippen LogP contribution is -2.37. The van der Waals surface area contributed by atoms with Gasteiger partial charge in [0.2, 0.25) is 0 Å². The monoisotopic (exact) mass is 344 g/mol. The number of carbonyl (C=O) groups is 1. The maximum absolute atomic E-state index is 11.7. The first-order valence-electron chi connectivity index (χ1n) is 9.56. The zero-order chi connectivity index (χ0) is 17.9. The molecule has 138 valence electrons. The molecule has 3 N–H and O–H groups in total. The van der Waals surface area contributed by atoms with Crippen molar-refractivity contribution in [3.05, 3.63) is 35.4 Å². The first-order valence-corrected chi connectivity index (χ1v) is 9.56. The molecular weight excluding hydrogens is 312 g/mol. The summed E-state index contributed by atoms with van der Waals surface area (Å²) < 4.78 is 0. The van der Waals surface area contributed by atoms with E-state index in [2.05, 4.69) is 27.9 Å². The molecule has 1 saturated carbocycles. The molecule has 2 rings (SSSR count). The maximum atomic E-state index is 11.7. The molecule has 0 bridgehead atoms. The van der Waals surface area contributed by atoms with E-state index in [-0.39, 0.29) is 5.91 Å². The smallest absolute Gasteiger partial charge is 0.251 e. The molecule has 1 amide bonds. The number of nitrogens with one attached hydrogen (secondary N) is 3. The molecule has 0 atom stereocenters. The minimum absolute atomic E-state index is 0.0669. The highest BCUT2D eigenvalue weighted by atomic mass is 16.1. The highest BCUT2D eigenvalue weighted by Crippen LogP contribution is 2.28. The predicted octanol–water partition coefficient (Wildman–Crippen LogP) is 3.07. The van der Waals surface area contributed by atoms with Crippen LogP contribution in [0.15, 0.2) is 29.3 Å². The lowest BCUT2D eigenvalue weighted by Gasteiger charge is -2.13. The summed E-state index contributed by atoms with van der Waals surface area (Å²) in [5, 5.41) is 9.36. The Morgan fingerprint density at radius 1 is 1.24 bits per heavy atom. The Balaban J connectivity index is 1.82. The molecule has 0 heterocycles. The molecule has 25 heavy (non-hydrogen) atoms. The van der Waals surface area contributed by atoms with Crippen LogP contribution in [-0.2, 0) is 6.54 Å². The van der Waals surface area contributed by atoms with E-state index in [1.165, 1.54) is 38.5 Å². The normalized spacial score (nSPS) is 15.2. The van der Waals surface area contributed by atoms with Gasteiger partial charge in [0.25, 0.3) is 5.91 Å². The van der Waals surface area contributed by atoms with Gasteiger partial charge >= 0.3 is 0 Å². The molecule has 0 aromatic heterocycles. The molecule has 0 spiro atoms. The summed E-state index contributed by atoms with van der Waals surface area (Å²) in [5.41, 5.74) is 1.70. The summed E-state index contributed by atoms with van der Waals surface area (Å²) in [6, 6.07) is 7.61. The number of carbonyl (C=O) groups excluding carboxylic acids is 1. The van der Waals surface area contributed by atoms with E-state index >= 15 is 0 Å². The van der Waals surface area contributed by atoms with E-state index < -0.39 is 0 Å². The van der Waals surface area contributed by atoms with Gasteiger partial charge in [0, 0.05) is 25.7 Å². The standard InChI is InChI=1S/C20H32N4O/c1-3-22-20(23-13-7-11-16-8-4-5-9-16)24-15-17-10-6-12-18(14-17)19(25)21-2/h6,10,12,14,16H,3-5,7-9,11,13,15H2,1-2H3,(H,21,25)(H2,22,23,24). The van der Waals surface area contributed by atoms with Crippen LogP contribution in [-0.4, -0.2) is 32.0 Å². The maximum Gasteiger partial charge on any atom is 0.251 e. The van der Waals surface area contributed by atoms with Crippen molar-refractivity contribution in [3.63, 3.8) is 0 Å². The van der Waals surface area contributed by atoms with Crippen LogP contribution in [0.2, 0.25) is 0 Å². The minimum Gasteiger partial charge on any atom is -0.357 e. The zero-order valence-electron chi connectivity index (χ0n) is 15.6. The van der Waals surface area contributed by atoms with Gasteiger partial charge in [-0.3, -0.25) is 4.79 Å². The van der Waals surface area contributed by atoms with Crippen molar-refractivity contribution in [1.29, 1.82) is 0 Å². The van der Waals surface area contributed by atoms with Crippen molar-refractivity contribution in [2.24, 2.45) is 10.9 Å². The predicted molar refractivity (Wildman–Crippen MR) is 104 cm³/mol. The summed E-state index contributed by atoms with van der Waals surface area (Å²) in [6.45, 7) is 4.43. The van der Waals surface area contributed by atoms with Gasteiger partial charge in [0.15, 0.2) is 5.96 Å². The lowest BCUT2D eigenvalue weighted by molar-refractivity contribution is 0.0963. The van der Waals surface area contributed by atoms with Crippen LogP contribution in [0, 0.1) is 5.92 Å². The Morgan fingerprint density at radius 3 is 2.76 bits per heavy atom. The first kappa shape index (κ1) is 19.3. The molecule has 1 aliphatic carbocycles. The van der Waals surface area contributed by atoms with Crippen LogP contribution >= 0.6 is 0 Å². The number of guanidine groups is 1. The van der Waals surface area contributed by atoms with Crippen molar-refractivity contribution in [1.82, 2.24) is 16.0 Å². The van der Waals surface area contributed by atoms with E-state index in [9.17, 15) is 4.79 Å². The fraction of sp³-hybridized carbons (Fsp3) is 0.600. The first-order chi connectivity index (χ1) is 12.2. The summed E-state index contributed by atoms with van der Waals surface area (Å²) in [5.74, 6) is 1.72. The number of hydrogen-bond acceptors (Lipinski definition) is 2. The molecular formula is C20H32N4O. The molecule has 1 fully saturated rings. The van der Waals surface area contributed by atoms with Gasteiger partial charge < -0.3 is 16.0 Å². The van der Waals surface area contributed by atoms with Gasteiger partial charge in [-0.1, -0.05) is 37.8 Å². The fourth-order valence-corrected chi connectivity index (χ4v) is 3.36. The third-order valence-corrected chi connectivity index (χ3v) is 4.74. The molecule has 5 heteroatoms. The van der Waals surface area contributed by atoms with Crippen molar-refractivity contribution < 1.29 is 4.79 Å². The highest BCUT2D eigenvalue weighted by Gasteiger charge is 2.14. The second kappa shape index (κ2) is 10.7. The number of aliphatic imine (C=N–C) groups is 1. The molecule has 5 nitrogen and oxygen atoms in total. The average Bonchev–Trinajstić information content (AvgIpc) is 3.16. The van der Waals surface area contributed by atoms with Crippen molar-refractivity contribution >= 4 is 11.9 Å². The Kier molecular flexibility index (Phi) is 8.29. The second-order valence-electron chi connectivity index (χ2n) is 6.69. The summed E-state index contributed by atoms with van der Waals surface area (Å²) >= 11 is 0. The van der Waals surface area contributed by atoms with Crippen LogP contribution in [0.1, 0.15) is 61.4 Å². The molecule has 1 aromatic rings. The van der Waals surface area contributed by atoms with Crippen molar-refractivity contribution in [2.75, 3.05) is 20.1 Å². The van der Waals surface area contributed by atoms with E-state index in [1.807, 2.05) is 24.3 Å². The Hall–Kier alpha value is -2.04. The molecule has 1 aliphatic rings. The Morgan fingerprint density at radius 2 is 2.04 bits per heavy atom. The van der Waals surface area contributed by atoms with Gasteiger partial charge in [-0.15, -0.1) is 0 Å². The third kappa shape index (κ3) is 6.77. The largest absolute Gasteiger partial charge is 0.357 e. The summed E-state index contributed by atoms with van der Waals surface area (Å²) in [6.07, 6.45) is 8.17. The van der Waals surface area contributed by atoms with Gasteiger partial charge in [-0.25, -0.2) is 4.99 Å². The van der Waals surface area contributed by atoms with Gasteiger partial charge in [0.1, 0.15) is 0 Å². The highest BCUT2D eigenvalue weighted by molar-refractivity contribution is 5.94. The minimum atomic E-state index is -0.0669. The zero-order valence-corrected chi connectivity index (χ0v) is 15.6. The number of rotatable bonds is 8. The summed E-state index contributed by atoms with van der Waals surface area (Å²) in [7, 11) is 1.64. The fourth-order valence-electron chi connectivity index (χ4n) is 3.36. The van der Waals surface area contributed by atoms with Crippen LogP contribution in [0.3, 0.4) is 0 Å². The summed E-state index contributed by atoms with van der Waals surface area (Å²) in [4.78, 5) is 16.4. The molecule has 0 radical (unpaired) electrons. The van der Waals surface area contributed by atoms with E-state index in [0.717, 1.165) is 30.5 Å². The van der Waals surface area contributed by atoms with Gasteiger partial charge in [0.05, 0.1) is 6.54 Å².